The van der Waals surface area contributed by atoms with Gasteiger partial charge in [0, 0.05) is 18.8 Å². The molecule has 9 atom stereocenters. The lowest BCUT2D eigenvalue weighted by molar-refractivity contribution is -0.183. The van der Waals surface area contributed by atoms with Crippen molar-refractivity contribution in [2.75, 3.05) is 0 Å². The van der Waals surface area contributed by atoms with E-state index in [1.807, 2.05) is 0 Å². The molecule has 5 nitrogen and oxygen atoms in total. The molecule has 0 amide bonds. The molecule has 2 N–H and O–H groups in total. The second-order valence-electron chi connectivity index (χ2n) is 13.4. The Balaban J connectivity index is 1.56. The molecule has 0 aromatic carbocycles. The van der Waals surface area contributed by atoms with E-state index in [4.69, 9.17) is 4.74 Å². The minimum Gasteiger partial charge on any atom is -0.462 e. The third-order valence-electron chi connectivity index (χ3n) is 11.3. The molecule has 0 aliphatic heterocycles. The fraction of sp³-hybridized carbons (Fsp3) is 0.931. The number of carbonyl (C=O) groups excluding carboxylic acids is 1. The minimum atomic E-state index is -1.20. The molecule has 0 heterocycles. The Morgan fingerprint density at radius 1 is 1.09 bits per heavy atom. The molecule has 34 heavy (non-hydrogen) atoms. The predicted molar refractivity (Wildman–Crippen MR) is 135 cm³/mol. The average Bonchev–Trinajstić information content (AvgIpc) is 3.11. The van der Waals surface area contributed by atoms with Gasteiger partial charge in [-0.25, -0.2) is 0 Å². The van der Waals surface area contributed by atoms with E-state index < -0.39 is 5.60 Å². The summed E-state index contributed by atoms with van der Waals surface area (Å²) < 4.78 is 5.52. The summed E-state index contributed by atoms with van der Waals surface area (Å²) in [7, 11) is 0. The Morgan fingerprint density at radius 2 is 1.82 bits per heavy atom. The highest BCUT2D eigenvalue weighted by Gasteiger charge is 2.67. The second-order valence-corrected chi connectivity index (χ2v) is 13.4. The van der Waals surface area contributed by atoms with Crippen molar-refractivity contribution in [3.63, 3.8) is 0 Å². The van der Waals surface area contributed by atoms with E-state index >= 15 is 0 Å². The molecule has 4 aliphatic carbocycles. The van der Waals surface area contributed by atoms with Crippen LogP contribution in [-0.2, 0) is 9.53 Å². The van der Waals surface area contributed by atoms with Gasteiger partial charge in [-0.05, 0) is 85.9 Å². The van der Waals surface area contributed by atoms with Crippen molar-refractivity contribution in [1.29, 1.82) is 0 Å². The lowest BCUT2D eigenvalue weighted by atomic mass is 9.42. The summed E-state index contributed by atoms with van der Waals surface area (Å²) in [5.41, 5.74) is -0.654. The fourth-order valence-corrected chi connectivity index (χ4v) is 9.51. The number of fused-ring (bicyclic) bond motifs is 5. The Hall–Kier alpha value is -1.10. The summed E-state index contributed by atoms with van der Waals surface area (Å²) in [5.74, 6) is 3.53. The SMILES string of the molecule is CC(=O)O[C@H]1CC[C@]2(C)[C@H]3CC[C@]4(C)[C@@H]([C@H](C)CCCC(C)C)CC[C@H]4[C@@H]3C/C(=N\O)[C@]2(O)C1. The predicted octanol–water partition coefficient (Wildman–Crippen LogP) is 6.59. The summed E-state index contributed by atoms with van der Waals surface area (Å²) in [6.07, 6.45) is 11.2. The fourth-order valence-electron chi connectivity index (χ4n) is 9.51. The van der Waals surface area contributed by atoms with E-state index in [1.165, 1.54) is 45.4 Å². The van der Waals surface area contributed by atoms with Gasteiger partial charge in [0.2, 0.25) is 0 Å². The molecule has 5 heteroatoms. The van der Waals surface area contributed by atoms with Crippen molar-refractivity contribution >= 4 is 11.7 Å². The molecule has 0 aromatic rings. The Morgan fingerprint density at radius 3 is 2.47 bits per heavy atom. The van der Waals surface area contributed by atoms with Crippen LogP contribution in [0, 0.1) is 46.3 Å². The first-order valence-corrected chi connectivity index (χ1v) is 14.1. The van der Waals surface area contributed by atoms with Gasteiger partial charge >= 0.3 is 5.97 Å². The van der Waals surface area contributed by atoms with Crippen LogP contribution in [0.2, 0.25) is 0 Å². The standard InChI is InChI=1S/C29H49NO4/c1-18(2)8-7-9-19(3)23-10-11-24-22-16-26(30-33)29(32)17-21(34-20(4)31)12-15-28(29,6)25(22)13-14-27(23,24)5/h18-19,21-25,32-33H,7-17H2,1-6H3/b30-26+/t19-,21+,22+,23-,24+,25+,27-,28-,29-/m1/s1. The Kier molecular flexibility index (Phi) is 7.19. The van der Waals surface area contributed by atoms with E-state index in [2.05, 4.69) is 39.8 Å². The number of hydrogen-bond acceptors (Lipinski definition) is 5. The molecule has 0 bridgehead atoms. The van der Waals surface area contributed by atoms with Crippen molar-refractivity contribution in [2.24, 2.45) is 51.5 Å². The first-order valence-electron chi connectivity index (χ1n) is 14.1. The second kappa shape index (κ2) is 9.41. The van der Waals surface area contributed by atoms with Gasteiger partial charge in [-0.1, -0.05) is 59.0 Å². The number of esters is 1. The van der Waals surface area contributed by atoms with Crippen LogP contribution >= 0.6 is 0 Å². The van der Waals surface area contributed by atoms with Crippen LogP contribution in [0.25, 0.3) is 0 Å². The number of hydrogen-bond donors (Lipinski definition) is 2. The number of carbonyl (C=O) groups is 1. The number of oxime groups is 1. The highest BCUT2D eigenvalue weighted by molar-refractivity contribution is 5.94. The lowest BCUT2D eigenvalue weighted by Gasteiger charge is -2.64. The highest BCUT2D eigenvalue weighted by Crippen LogP contribution is 2.68. The zero-order chi connectivity index (χ0) is 24.9. The van der Waals surface area contributed by atoms with Crippen LogP contribution in [-0.4, -0.2) is 33.7 Å². The van der Waals surface area contributed by atoms with Gasteiger partial charge in [-0.3, -0.25) is 4.79 Å². The van der Waals surface area contributed by atoms with Gasteiger partial charge in [0.1, 0.15) is 11.7 Å². The molecule has 0 radical (unpaired) electrons. The molecule has 4 saturated carbocycles. The molecular weight excluding hydrogens is 426 g/mol. The van der Waals surface area contributed by atoms with E-state index in [-0.39, 0.29) is 17.5 Å². The smallest absolute Gasteiger partial charge is 0.302 e. The summed E-state index contributed by atoms with van der Waals surface area (Å²) in [4.78, 5) is 11.6. The van der Waals surface area contributed by atoms with Crippen LogP contribution in [0.3, 0.4) is 0 Å². The molecule has 4 fully saturated rings. The van der Waals surface area contributed by atoms with Crippen molar-refractivity contribution in [3.05, 3.63) is 0 Å². The third-order valence-corrected chi connectivity index (χ3v) is 11.3. The molecule has 194 valence electrons. The quantitative estimate of drug-likeness (QED) is 0.258. The Bertz CT molecular complexity index is 795. The van der Waals surface area contributed by atoms with E-state index in [1.54, 1.807) is 0 Å². The zero-order valence-electron chi connectivity index (χ0n) is 22.5. The monoisotopic (exact) mass is 475 g/mol. The number of nitrogens with zero attached hydrogens (tertiary/aromatic N) is 1. The topological polar surface area (TPSA) is 79.1 Å². The maximum atomic E-state index is 12.0. The number of aliphatic hydroxyl groups is 1. The largest absolute Gasteiger partial charge is 0.462 e. The zero-order valence-corrected chi connectivity index (χ0v) is 22.5. The summed E-state index contributed by atoms with van der Waals surface area (Å²) in [6.45, 7) is 13.3. The van der Waals surface area contributed by atoms with Gasteiger partial charge in [-0.15, -0.1) is 0 Å². The summed E-state index contributed by atoms with van der Waals surface area (Å²) in [5, 5.41) is 25.8. The molecule has 0 saturated heterocycles. The minimum absolute atomic E-state index is 0.304. The van der Waals surface area contributed by atoms with Crippen molar-refractivity contribution in [2.45, 2.75) is 124 Å². The molecule has 0 aromatic heterocycles. The third kappa shape index (κ3) is 4.12. The van der Waals surface area contributed by atoms with Crippen LogP contribution < -0.4 is 0 Å². The molecule has 0 spiro atoms. The van der Waals surface area contributed by atoms with E-state index in [0.717, 1.165) is 37.0 Å². The van der Waals surface area contributed by atoms with Gasteiger partial charge in [0.25, 0.3) is 0 Å². The maximum Gasteiger partial charge on any atom is 0.302 e. The van der Waals surface area contributed by atoms with Crippen LogP contribution in [0.5, 0.6) is 0 Å². The lowest BCUT2D eigenvalue weighted by Crippen LogP contribution is -2.67. The van der Waals surface area contributed by atoms with Gasteiger partial charge < -0.3 is 15.1 Å². The van der Waals surface area contributed by atoms with Gasteiger partial charge in [-0.2, -0.15) is 0 Å². The van der Waals surface area contributed by atoms with Crippen LogP contribution in [0.1, 0.15) is 112 Å². The van der Waals surface area contributed by atoms with Gasteiger partial charge in [0.05, 0.1) is 5.71 Å². The average molecular weight is 476 g/mol. The van der Waals surface area contributed by atoms with E-state index in [9.17, 15) is 15.1 Å². The molecule has 4 aliphatic rings. The first kappa shape index (κ1) is 26.0. The number of rotatable bonds is 6. The maximum absolute atomic E-state index is 12.0. The molecule has 4 rings (SSSR count). The van der Waals surface area contributed by atoms with Crippen molar-refractivity contribution in [1.82, 2.24) is 0 Å². The van der Waals surface area contributed by atoms with Crippen LogP contribution in [0.15, 0.2) is 5.16 Å². The summed E-state index contributed by atoms with van der Waals surface area (Å²) in [6, 6.07) is 0. The van der Waals surface area contributed by atoms with Crippen molar-refractivity contribution < 1.29 is 19.8 Å². The van der Waals surface area contributed by atoms with Crippen LogP contribution in [0.4, 0.5) is 0 Å². The molecular formula is C29H49NO4. The Labute approximate surface area is 207 Å². The number of ether oxygens (including phenoxy) is 1. The van der Waals surface area contributed by atoms with E-state index in [0.29, 0.717) is 41.7 Å². The van der Waals surface area contributed by atoms with Gasteiger partial charge in [0.15, 0.2) is 0 Å². The first-order chi connectivity index (χ1) is 16.0. The normalized spacial score (nSPS) is 46.0. The molecule has 0 unspecified atom stereocenters. The highest BCUT2D eigenvalue weighted by atomic mass is 16.5. The summed E-state index contributed by atoms with van der Waals surface area (Å²) >= 11 is 0. The van der Waals surface area contributed by atoms with Crippen molar-refractivity contribution in [3.8, 4) is 0 Å².